The predicted octanol–water partition coefficient (Wildman–Crippen LogP) is 4.35. The van der Waals surface area contributed by atoms with Gasteiger partial charge in [0.1, 0.15) is 0 Å². The fourth-order valence-corrected chi connectivity index (χ4v) is 2.95. The van der Waals surface area contributed by atoms with E-state index >= 15 is 0 Å². The molecule has 0 aliphatic carbocycles. The van der Waals surface area contributed by atoms with Gasteiger partial charge in [-0.1, -0.05) is 24.6 Å². The van der Waals surface area contributed by atoms with Gasteiger partial charge in [-0.3, -0.25) is 0 Å². The van der Waals surface area contributed by atoms with E-state index in [9.17, 15) is 0 Å². The monoisotopic (exact) mass is 223 g/mol. The Morgan fingerprint density at radius 1 is 1.40 bits per heavy atom. The summed E-state index contributed by atoms with van der Waals surface area (Å²) >= 11 is 6.26. The fourth-order valence-electron chi connectivity index (χ4n) is 2.61. The number of hydrogen-bond acceptors (Lipinski definition) is 1. The second-order valence-corrected chi connectivity index (χ2v) is 5.67. The molecule has 1 atom stereocenters. The van der Waals surface area contributed by atoms with Gasteiger partial charge in [0.2, 0.25) is 0 Å². The van der Waals surface area contributed by atoms with Crippen LogP contribution in [-0.4, -0.2) is 5.54 Å². The van der Waals surface area contributed by atoms with Crippen LogP contribution in [0.1, 0.15) is 44.2 Å². The number of fused-ring (bicyclic) bond motifs is 1. The zero-order chi connectivity index (χ0) is 11.2. The highest BCUT2D eigenvalue weighted by atomic mass is 35.5. The molecule has 0 amide bonds. The van der Waals surface area contributed by atoms with Gasteiger partial charge in [0.15, 0.2) is 0 Å². The fraction of sp³-hybridized carbons (Fsp3) is 0.538. The molecule has 1 aromatic rings. The minimum Gasteiger partial charge on any atom is -0.380 e. The van der Waals surface area contributed by atoms with Crippen LogP contribution in [0.5, 0.6) is 0 Å². The summed E-state index contributed by atoms with van der Waals surface area (Å²) in [5.41, 5.74) is 3.98. The third-order valence-electron chi connectivity index (χ3n) is 3.17. The number of hydrogen-bond donors (Lipinski definition) is 1. The van der Waals surface area contributed by atoms with Crippen molar-refractivity contribution in [3.05, 3.63) is 28.3 Å². The predicted molar refractivity (Wildman–Crippen MR) is 66.9 cm³/mol. The van der Waals surface area contributed by atoms with E-state index in [1.165, 1.54) is 16.8 Å². The lowest BCUT2D eigenvalue weighted by molar-refractivity contribution is 0.453. The minimum atomic E-state index is 0.169. The number of nitrogens with one attached hydrogen (secondary N) is 1. The van der Waals surface area contributed by atoms with Crippen molar-refractivity contribution in [2.75, 3.05) is 5.32 Å². The average molecular weight is 224 g/mol. The van der Waals surface area contributed by atoms with Gasteiger partial charge in [0, 0.05) is 16.2 Å². The van der Waals surface area contributed by atoms with Gasteiger partial charge < -0.3 is 5.32 Å². The second kappa shape index (κ2) is 3.41. The van der Waals surface area contributed by atoms with Gasteiger partial charge in [-0.25, -0.2) is 0 Å². The molecule has 2 heteroatoms. The van der Waals surface area contributed by atoms with E-state index < -0.39 is 0 Å². The van der Waals surface area contributed by atoms with E-state index in [2.05, 4.69) is 39.1 Å². The molecule has 1 N–H and O–H groups in total. The highest BCUT2D eigenvalue weighted by Crippen LogP contribution is 2.43. The summed E-state index contributed by atoms with van der Waals surface area (Å²) in [7, 11) is 0. The summed E-state index contributed by atoms with van der Waals surface area (Å²) < 4.78 is 0. The standard InChI is InChI=1S/C13H18ClN/c1-8-5-6-10(14)11-9(2)7-13(3,4)15-12(8)11/h5-6,9,15H,7H2,1-4H3. The van der Waals surface area contributed by atoms with E-state index in [0.717, 1.165) is 11.4 Å². The lowest BCUT2D eigenvalue weighted by Crippen LogP contribution is -2.37. The Hall–Kier alpha value is -0.690. The minimum absolute atomic E-state index is 0.169. The molecular weight excluding hydrogens is 206 g/mol. The molecule has 0 saturated heterocycles. The molecule has 1 unspecified atom stereocenters. The molecule has 1 nitrogen and oxygen atoms in total. The summed E-state index contributed by atoms with van der Waals surface area (Å²) in [5, 5.41) is 4.49. The van der Waals surface area contributed by atoms with Crippen LogP contribution in [0.4, 0.5) is 5.69 Å². The summed E-state index contributed by atoms with van der Waals surface area (Å²) in [5.74, 6) is 0.531. The maximum Gasteiger partial charge on any atom is 0.0461 e. The van der Waals surface area contributed by atoms with Crippen LogP contribution in [-0.2, 0) is 0 Å². The first-order valence-electron chi connectivity index (χ1n) is 5.48. The molecule has 0 radical (unpaired) electrons. The van der Waals surface area contributed by atoms with Crippen LogP contribution < -0.4 is 5.32 Å². The van der Waals surface area contributed by atoms with Crippen LogP contribution in [0.15, 0.2) is 12.1 Å². The van der Waals surface area contributed by atoms with E-state index in [4.69, 9.17) is 11.6 Å². The molecule has 0 bridgehead atoms. The first-order chi connectivity index (χ1) is 6.91. The number of rotatable bonds is 0. The first-order valence-corrected chi connectivity index (χ1v) is 5.86. The first kappa shape index (κ1) is 10.8. The Labute approximate surface area is 96.8 Å². The lowest BCUT2D eigenvalue weighted by atomic mass is 9.81. The molecule has 1 aliphatic heterocycles. The van der Waals surface area contributed by atoms with Crippen molar-refractivity contribution < 1.29 is 0 Å². The van der Waals surface area contributed by atoms with Gasteiger partial charge in [0.05, 0.1) is 0 Å². The van der Waals surface area contributed by atoms with Crippen LogP contribution in [0.2, 0.25) is 5.02 Å². The maximum atomic E-state index is 6.26. The molecule has 0 spiro atoms. The van der Waals surface area contributed by atoms with Gasteiger partial charge in [0.25, 0.3) is 0 Å². The van der Waals surface area contributed by atoms with E-state index in [-0.39, 0.29) is 5.54 Å². The highest BCUT2D eigenvalue weighted by Gasteiger charge is 2.31. The van der Waals surface area contributed by atoms with Crippen LogP contribution >= 0.6 is 11.6 Å². The Morgan fingerprint density at radius 2 is 2.07 bits per heavy atom. The van der Waals surface area contributed by atoms with Crippen molar-refractivity contribution in [1.29, 1.82) is 0 Å². The highest BCUT2D eigenvalue weighted by molar-refractivity contribution is 6.32. The van der Waals surface area contributed by atoms with Gasteiger partial charge >= 0.3 is 0 Å². The van der Waals surface area contributed by atoms with Crippen molar-refractivity contribution >= 4 is 17.3 Å². The molecule has 15 heavy (non-hydrogen) atoms. The Bertz CT molecular complexity index is 396. The molecule has 1 aliphatic rings. The van der Waals surface area contributed by atoms with E-state index in [1.807, 2.05) is 6.07 Å². The van der Waals surface area contributed by atoms with Crippen molar-refractivity contribution in [2.45, 2.75) is 45.6 Å². The Kier molecular flexibility index (Phi) is 2.46. The molecule has 1 heterocycles. The summed E-state index contributed by atoms with van der Waals surface area (Å²) in [4.78, 5) is 0. The van der Waals surface area contributed by atoms with E-state index in [0.29, 0.717) is 5.92 Å². The van der Waals surface area contributed by atoms with Gasteiger partial charge in [-0.2, -0.15) is 0 Å². The Balaban J connectivity index is 2.59. The largest absolute Gasteiger partial charge is 0.380 e. The normalized spacial score (nSPS) is 23.1. The summed E-state index contributed by atoms with van der Waals surface area (Å²) in [6.45, 7) is 8.88. The second-order valence-electron chi connectivity index (χ2n) is 5.27. The zero-order valence-electron chi connectivity index (χ0n) is 9.82. The van der Waals surface area contributed by atoms with Crippen LogP contribution in [0.3, 0.4) is 0 Å². The van der Waals surface area contributed by atoms with Crippen molar-refractivity contribution in [2.24, 2.45) is 0 Å². The Morgan fingerprint density at radius 3 is 2.73 bits per heavy atom. The molecule has 82 valence electrons. The zero-order valence-corrected chi connectivity index (χ0v) is 10.6. The molecular formula is C13H18ClN. The molecule has 0 aromatic heterocycles. The lowest BCUT2D eigenvalue weighted by Gasteiger charge is -2.38. The molecule has 2 rings (SSSR count). The van der Waals surface area contributed by atoms with Crippen molar-refractivity contribution in [1.82, 2.24) is 0 Å². The average Bonchev–Trinajstić information content (AvgIpc) is 2.09. The van der Waals surface area contributed by atoms with Crippen molar-refractivity contribution in [3.8, 4) is 0 Å². The van der Waals surface area contributed by atoms with Gasteiger partial charge in [-0.15, -0.1) is 0 Å². The molecule has 0 fully saturated rings. The third kappa shape index (κ3) is 1.85. The SMILES string of the molecule is Cc1ccc(Cl)c2c1NC(C)(C)CC2C. The number of anilines is 1. The third-order valence-corrected chi connectivity index (χ3v) is 3.50. The maximum absolute atomic E-state index is 6.26. The number of aryl methyl sites for hydroxylation is 1. The van der Waals surface area contributed by atoms with Crippen molar-refractivity contribution in [3.63, 3.8) is 0 Å². The van der Waals surface area contributed by atoms with E-state index in [1.54, 1.807) is 0 Å². The summed E-state index contributed by atoms with van der Waals surface area (Å²) in [6.07, 6.45) is 1.13. The smallest absolute Gasteiger partial charge is 0.0461 e. The quantitative estimate of drug-likeness (QED) is 0.690. The number of halogens is 1. The molecule has 1 aromatic carbocycles. The van der Waals surface area contributed by atoms with Crippen LogP contribution in [0, 0.1) is 6.92 Å². The number of benzene rings is 1. The topological polar surface area (TPSA) is 12.0 Å². The van der Waals surface area contributed by atoms with Crippen LogP contribution in [0.25, 0.3) is 0 Å². The van der Waals surface area contributed by atoms with Gasteiger partial charge in [-0.05, 0) is 50.3 Å². The molecule has 0 saturated carbocycles. The summed E-state index contributed by atoms with van der Waals surface area (Å²) in [6, 6.07) is 4.09.